The standard InChI is InChI=1S/C41H33N3/c1-29(31-13-5-3-6-14-31)42-41-37-20-10-17-34(26-37)36-19-12-24-40(28-36)44(38-21-7-4-8-22-38)39-23-11-18-35(27-39)33-16-9-15-32(25-33)30(2)43-41/h3-28,30H,1-2H3/b42-29+,43-41-. The van der Waals surface area contributed by atoms with Crippen molar-refractivity contribution in [1.29, 1.82) is 0 Å². The maximum Gasteiger partial charge on any atom is 0.155 e. The third-order valence-corrected chi connectivity index (χ3v) is 8.16. The smallest absolute Gasteiger partial charge is 0.155 e. The van der Waals surface area contributed by atoms with Crippen LogP contribution < -0.4 is 4.90 Å². The Balaban J connectivity index is 1.47. The lowest BCUT2D eigenvalue weighted by Crippen LogP contribution is -2.10. The van der Waals surface area contributed by atoms with Gasteiger partial charge in [0.15, 0.2) is 5.84 Å². The molecule has 0 spiro atoms. The number of para-hydroxylation sites is 1. The summed E-state index contributed by atoms with van der Waals surface area (Å²) in [6.07, 6.45) is 0. The molecular weight excluding hydrogens is 534 g/mol. The number of amidine groups is 1. The molecule has 1 unspecified atom stereocenters. The van der Waals surface area contributed by atoms with Crippen LogP contribution in [0.25, 0.3) is 22.3 Å². The zero-order chi connectivity index (χ0) is 29.9. The first kappa shape index (κ1) is 27.3. The van der Waals surface area contributed by atoms with Gasteiger partial charge in [0.25, 0.3) is 0 Å². The van der Waals surface area contributed by atoms with Gasteiger partial charge in [0, 0.05) is 28.3 Å². The van der Waals surface area contributed by atoms with Gasteiger partial charge in [-0.15, -0.1) is 0 Å². The average Bonchev–Trinajstić information content (AvgIpc) is 3.09. The molecule has 6 aromatic carbocycles. The average molecular weight is 568 g/mol. The molecule has 0 amide bonds. The number of aliphatic imine (C=N–C) groups is 2. The van der Waals surface area contributed by atoms with Crippen LogP contribution in [0.4, 0.5) is 17.1 Å². The molecule has 44 heavy (non-hydrogen) atoms. The molecule has 212 valence electrons. The topological polar surface area (TPSA) is 28.0 Å². The molecule has 0 aromatic heterocycles. The summed E-state index contributed by atoms with van der Waals surface area (Å²) in [4.78, 5) is 12.7. The SMILES string of the molecule is C/C(=N\C1=N/C(C)c2cccc(c2)-c2cccc(c2)N(c2ccccc2)c2cccc(c2)-c2cccc1c2)c1ccccc1. The lowest BCUT2D eigenvalue weighted by molar-refractivity contribution is 0.819. The van der Waals surface area contributed by atoms with Crippen molar-refractivity contribution in [1.82, 2.24) is 0 Å². The number of rotatable bonds is 2. The molecule has 7 rings (SSSR count). The second kappa shape index (κ2) is 12.0. The minimum atomic E-state index is -0.0961. The highest BCUT2D eigenvalue weighted by Crippen LogP contribution is 2.38. The minimum absolute atomic E-state index is 0.0961. The molecule has 6 aromatic rings. The Kier molecular flexibility index (Phi) is 7.44. The largest absolute Gasteiger partial charge is 0.310 e. The fraction of sp³-hybridized carbons (Fsp3) is 0.0732. The molecule has 1 heterocycles. The van der Waals surface area contributed by atoms with Crippen LogP contribution in [-0.4, -0.2) is 11.5 Å². The Morgan fingerprint density at radius 2 is 1.02 bits per heavy atom. The van der Waals surface area contributed by atoms with Crippen LogP contribution >= 0.6 is 0 Å². The molecule has 0 saturated carbocycles. The fourth-order valence-corrected chi connectivity index (χ4v) is 5.82. The third-order valence-electron chi connectivity index (χ3n) is 8.16. The molecule has 3 nitrogen and oxygen atoms in total. The summed E-state index contributed by atoms with van der Waals surface area (Å²) in [5.74, 6) is 0.724. The van der Waals surface area contributed by atoms with Gasteiger partial charge < -0.3 is 4.90 Å². The monoisotopic (exact) mass is 567 g/mol. The predicted octanol–water partition coefficient (Wildman–Crippen LogP) is 10.8. The number of hydrogen-bond acceptors (Lipinski definition) is 3. The first-order chi connectivity index (χ1) is 21.6. The van der Waals surface area contributed by atoms with E-state index < -0.39 is 0 Å². The molecular formula is C41H33N3. The summed E-state index contributed by atoms with van der Waals surface area (Å²) in [7, 11) is 0. The molecule has 0 radical (unpaired) electrons. The van der Waals surface area contributed by atoms with Crippen LogP contribution in [0.5, 0.6) is 0 Å². The van der Waals surface area contributed by atoms with Crippen molar-refractivity contribution in [3.63, 3.8) is 0 Å². The van der Waals surface area contributed by atoms with Crippen LogP contribution in [0.1, 0.15) is 36.6 Å². The number of benzene rings is 6. The normalized spacial score (nSPS) is 15.8. The van der Waals surface area contributed by atoms with Crippen LogP contribution in [0, 0.1) is 0 Å². The van der Waals surface area contributed by atoms with Gasteiger partial charge in [-0.05, 0) is 95.8 Å². The van der Waals surface area contributed by atoms with Gasteiger partial charge >= 0.3 is 0 Å². The minimum Gasteiger partial charge on any atom is -0.310 e. The van der Waals surface area contributed by atoms with E-state index in [1.807, 2.05) is 18.2 Å². The van der Waals surface area contributed by atoms with Crippen molar-refractivity contribution in [2.45, 2.75) is 19.9 Å². The van der Waals surface area contributed by atoms with Gasteiger partial charge in [0.2, 0.25) is 0 Å². The van der Waals surface area contributed by atoms with E-state index in [4.69, 9.17) is 9.98 Å². The molecule has 0 aliphatic carbocycles. The first-order valence-corrected chi connectivity index (χ1v) is 15.1. The number of hydrogen-bond donors (Lipinski definition) is 0. The number of fused-ring (bicyclic) bond motifs is 10. The molecule has 0 saturated heterocycles. The van der Waals surface area contributed by atoms with E-state index in [0.29, 0.717) is 0 Å². The highest BCUT2D eigenvalue weighted by molar-refractivity contribution is 6.12. The Hall–Kier alpha value is -5.54. The highest BCUT2D eigenvalue weighted by Gasteiger charge is 2.16. The summed E-state index contributed by atoms with van der Waals surface area (Å²) in [5, 5.41) is 0. The quantitative estimate of drug-likeness (QED) is 0.191. The van der Waals surface area contributed by atoms with Gasteiger partial charge in [0.05, 0.1) is 6.04 Å². The lowest BCUT2D eigenvalue weighted by atomic mass is 9.98. The molecule has 8 bridgehead atoms. The zero-order valence-corrected chi connectivity index (χ0v) is 24.9. The van der Waals surface area contributed by atoms with Gasteiger partial charge in [-0.3, -0.25) is 4.99 Å². The van der Waals surface area contributed by atoms with Crippen molar-refractivity contribution in [3.8, 4) is 22.3 Å². The van der Waals surface area contributed by atoms with Crippen molar-refractivity contribution >= 4 is 28.6 Å². The molecule has 0 N–H and O–H groups in total. The second-order valence-corrected chi connectivity index (χ2v) is 11.2. The van der Waals surface area contributed by atoms with E-state index in [1.54, 1.807) is 0 Å². The molecule has 1 atom stereocenters. The Morgan fingerprint density at radius 1 is 0.523 bits per heavy atom. The van der Waals surface area contributed by atoms with Crippen molar-refractivity contribution in [2.75, 3.05) is 4.90 Å². The van der Waals surface area contributed by atoms with Crippen LogP contribution in [-0.2, 0) is 0 Å². The summed E-state index contributed by atoms with van der Waals surface area (Å²) in [6, 6.07) is 55.6. The molecule has 1 aliphatic rings. The lowest BCUT2D eigenvalue weighted by Gasteiger charge is -2.26. The van der Waals surface area contributed by atoms with Gasteiger partial charge in [-0.1, -0.05) is 109 Å². The Labute approximate surface area is 259 Å². The molecule has 1 aliphatic heterocycles. The Bertz CT molecular complexity index is 1990. The summed E-state index contributed by atoms with van der Waals surface area (Å²) < 4.78 is 0. The van der Waals surface area contributed by atoms with E-state index in [1.165, 1.54) is 0 Å². The van der Waals surface area contributed by atoms with Crippen LogP contribution in [0.3, 0.4) is 0 Å². The molecule has 0 fully saturated rings. The molecule has 3 heteroatoms. The highest BCUT2D eigenvalue weighted by atomic mass is 15.1. The summed E-state index contributed by atoms with van der Waals surface area (Å²) >= 11 is 0. The maximum atomic E-state index is 5.25. The van der Waals surface area contributed by atoms with Crippen molar-refractivity contribution < 1.29 is 0 Å². The van der Waals surface area contributed by atoms with E-state index in [2.05, 4.69) is 158 Å². The number of nitrogens with zero attached hydrogens (tertiary/aromatic N) is 3. The van der Waals surface area contributed by atoms with Gasteiger partial charge in [0.1, 0.15) is 0 Å². The van der Waals surface area contributed by atoms with Crippen LogP contribution in [0.15, 0.2) is 168 Å². The van der Waals surface area contributed by atoms with E-state index in [9.17, 15) is 0 Å². The third kappa shape index (κ3) is 5.60. The van der Waals surface area contributed by atoms with Crippen molar-refractivity contribution in [2.24, 2.45) is 9.98 Å². The Morgan fingerprint density at radius 3 is 1.68 bits per heavy atom. The van der Waals surface area contributed by atoms with Gasteiger partial charge in [-0.25, -0.2) is 4.99 Å². The summed E-state index contributed by atoms with van der Waals surface area (Å²) in [5.41, 5.74) is 12.0. The van der Waals surface area contributed by atoms with E-state index in [-0.39, 0.29) is 6.04 Å². The second-order valence-electron chi connectivity index (χ2n) is 11.2. The zero-order valence-electron chi connectivity index (χ0n) is 24.9. The predicted molar refractivity (Wildman–Crippen MR) is 186 cm³/mol. The fourth-order valence-electron chi connectivity index (χ4n) is 5.82. The van der Waals surface area contributed by atoms with Gasteiger partial charge in [-0.2, -0.15) is 0 Å². The first-order valence-electron chi connectivity index (χ1n) is 15.1. The van der Waals surface area contributed by atoms with Crippen molar-refractivity contribution in [3.05, 3.63) is 174 Å². The maximum absolute atomic E-state index is 5.25. The van der Waals surface area contributed by atoms with Crippen LogP contribution in [0.2, 0.25) is 0 Å². The van der Waals surface area contributed by atoms with E-state index in [0.717, 1.165) is 67.6 Å². The van der Waals surface area contributed by atoms with E-state index >= 15 is 0 Å². The number of anilines is 3. The summed E-state index contributed by atoms with van der Waals surface area (Å²) in [6.45, 7) is 4.21.